The summed E-state index contributed by atoms with van der Waals surface area (Å²) < 4.78 is 1.97. The van der Waals surface area contributed by atoms with E-state index in [0.29, 0.717) is 6.04 Å². The van der Waals surface area contributed by atoms with E-state index in [1.54, 1.807) is 0 Å². The zero-order chi connectivity index (χ0) is 13.2. The molecule has 0 aromatic carbocycles. The average molecular weight is 260 g/mol. The average Bonchev–Trinajstić information content (AvgIpc) is 2.78. The van der Waals surface area contributed by atoms with Crippen LogP contribution in [0.5, 0.6) is 0 Å². The van der Waals surface area contributed by atoms with Crippen molar-refractivity contribution in [1.82, 2.24) is 20.0 Å². The Labute approximate surface area is 115 Å². The second-order valence-corrected chi connectivity index (χ2v) is 5.88. The highest BCUT2D eigenvalue weighted by Gasteiger charge is 2.33. The standard InChI is InChI=1S/C15H24N4/c1-3-6-19-10-14(12(2)17-19)9-16-15-11-18-7-4-13(15)5-8-18/h3,10,13,15-16H,1,4-9,11H2,2H3/t15-/m0/s1. The SMILES string of the molecule is C=CCn1cc(CN[C@H]2CN3CCC2CC3)c(C)n1. The Morgan fingerprint density at radius 1 is 1.47 bits per heavy atom. The van der Waals surface area contributed by atoms with Gasteiger partial charge in [-0.25, -0.2) is 0 Å². The monoisotopic (exact) mass is 260 g/mol. The number of aromatic nitrogens is 2. The van der Waals surface area contributed by atoms with Crippen LogP contribution in [-0.2, 0) is 13.1 Å². The molecule has 1 aromatic rings. The lowest BCUT2D eigenvalue weighted by Gasteiger charge is -2.45. The van der Waals surface area contributed by atoms with Gasteiger partial charge in [0, 0.05) is 30.9 Å². The molecule has 4 rings (SSSR count). The van der Waals surface area contributed by atoms with Crippen LogP contribution in [0.2, 0.25) is 0 Å². The van der Waals surface area contributed by atoms with E-state index in [4.69, 9.17) is 0 Å². The summed E-state index contributed by atoms with van der Waals surface area (Å²) in [4.78, 5) is 2.59. The lowest BCUT2D eigenvalue weighted by Crippen LogP contribution is -2.55. The Kier molecular flexibility index (Phi) is 3.71. The van der Waals surface area contributed by atoms with Gasteiger partial charge >= 0.3 is 0 Å². The lowest BCUT2D eigenvalue weighted by molar-refractivity contribution is 0.0720. The molecular formula is C15H24N4. The van der Waals surface area contributed by atoms with Gasteiger partial charge in [0.2, 0.25) is 0 Å². The van der Waals surface area contributed by atoms with E-state index < -0.39 is 0 Å². The Morgan fingerprint density at radius 3 is 2.89 bits per heavy atom. The van der Waals surface area contributed by atoms with Crippen LogP contribution in [0, 0.1) is 12.8 Å². The van der Waals surface area contributed by atoms with Crippen LogP contribution in [0.25, 0.3) is 0 Å². The molecular weight excluding hydrogens is 236 g/mol. The molecule has 2 bridgehead atoms. The summed E-state index contributed by atoms with van der Waals surface area (Å²) in [5, 5.41) is 8.25. The number of piperidine rings is 3. The number of nitrogens with zero attached hydrogens (tertiary/aromatic N) is 3. The quantitative estimate of drug-likeness (QED) is 0.816. The number of allylic oxidation sites excluding steroid dienone is 1. The molecule has 0 amide bonds. The van der Waals surface area contributed by atoms with E-state index in [1.165, 1.54) is 38.0 Å². The maximum atomic E-state index is 4.51. The van der Waals surface area contributed by atoms with Crippen molar-refractivity contribution in [2.75, 3.05) is 19.6 Å². The van der Waals surface area contributed by atoms with Crippen molar-refractivity contribution in [1.29, 1.82) is 0 Å². The normalized spacial score (nSPS) is 29.6. The predicted octanol–water partition coefficient (Wildman–Crippen LogP) is 1.56. The minimum atomic E-state index is 0.671. The first-order valence-corrected chi connectivity index (χ1v) is 7.36. The molecule has 0 unspecified atom stereocenters. The summed E-state index contributed by atoms with van der Waals surface area (Å²) in [7, 11) is 0. The molecule has 19 heavy (non-hydrogen) atoms. The van der Waals surface area contributed by atoms with Gasteiger partial charge in [0.15, 0.2) is 0 Å². The molecule has 1 atom stereocenters. The van der Waals surface area contributed by atoms with Crippen molar-refractivity contribution in [3.63, 3.8) is 0 Å². The van der Waals surface area contributed by atoms with Gasteiger partial charge < -0.3 is 10.2 Å². The molecule has 0 spiro atoms. The van der Waals surface area contributed by atoms with Crippen LogP contribution < -0.4 is 5.32 Å². The van der Waals surface area contributed by atoms with Crippen molar-refractivity contribution in [2.45, 2.75) is 38.9 Å². The maximum Gasteiger partial charge on any atom is 0.0638 e. The fraction of sp³-hybridized carbons (Fsp3) is 0.667. The summed E-state index contributed by atoms with van der Waals surface area (Å²) in [5.74, 6) is 0.883. The number of hydrogen-bond acceptors (Lipinski definition) is 3. The van der Waals surface area contributed by atoms with Crippen LogP contribution in [-0.4, -0.2) is 40.4 Å². The van der Waals surface area contributed by atoms with Gasteiger partial charge in [-0.05, 0) is 38.8 Å². The number of nitrogens with one attached hydrogen (secondary N) is 1. The number of aryl methyl sites for hydroxylation is 1. The molecule has 3 aliphatic rings. The van der Waals surface area contributed by atoms with E-state index in [0.717, 1.165) is 24.7 Å². The predicted molar refractivity (Wildman–Crippen MR) is 77.0 cm³/mol. The van der Waals surface area contributed by atoms with Crippen LogP contribution in [0.1, 0.15) is 24.1 Å². The second-order valence-electron chi connectivity index (χ2n) is 5.88. The number of fused-ring (bicyclic) bond motifs is 3. The Balaban J connectivity index is 1.58. The van der Waals surface area contributed by atoms with Crippen LogP contribution in [0.4, 0.5) is 0 Å². The maximum absolute atomic E-state index is 4.51. The van der Waals surface area contributed by atoms with Gasteiger partial charge in [-0.3, -0.25) is 4.68 Å². The van der Waals surface area contributed by atoms with Crippen molar-refractivity contribution >= 4 is 0 Å². The van der Waals surface area contributed by atoms with Gasteiger partial charge in [-0.2, -0.15) is 5.10 Å². The third-order valence-corrected chi connectivity index (χ3v) is 4.58. The molecule has 0 saturated carbocycles. The summed E-state index contributed by atoms with van der Waals surface area (Å²) in [6.07, 6.45) is 6.77. The topological polar surface area (TPSA) is 33.1 Å². The fourth-order valence-electron chi connectivity index (χ4n) is 3.40. The van der Waals surface area contributed by atoms with Gasteiger partial charge in [-0.15, -0.1) is 6.58 Å². The smallest absolute Gasteiger partial charge is 0.0638 e. The van der Waals surface area contributed by atoms with Gasteiger partial charge in [0.1, 0.15) is 0 Å². The van der Waals surface area contributed by atoms with E-state index >= 15 is 0 Å². The van der Waals surface area contributed by atoms with E-state index in [1.807, 2.05) is 10.8 Å². The molecule has 4 nitrogen and oxygen atoms in total. The molecule has 4 heterocycles. The van der Waals surface area contributed by atoms with E-state index in [-0.39, 0.29) is 0 Å². The minimum absolute atomic E-state index is 0.671. The first kappa shape index (κ1) is 12.9. The lowest BCUT2D eigenvalue weighted by atomic mass is 9.84. The number of rotatable bonds is 5. The zero-order valence-corrected chi connectivity index (χ0v) is 11.8. The first-order valence-electron chi connectivity index (χ1n) is 7.36. The molecule has 0 aliphatic carbocycles. The molecule has 3 aliphatic heterocycles. The highest BCUT2D eigenvalue weighted by Crippen LogP contribution is 2.27. The van der Waals surface area contributed by atoms with Crippen LogP contribution in [0.3, 0.4) is 0 Å². The summed E-state index contributed by atoms with van der Waals surface area (Å²) in [6.45, 7) is 11.4. The molecule has 1 N–H and O–H groups in total. The highest BCUT2D eigenvalue weighted by molar-refractivity contribution is 5.15. The molecule has 104 valence electrons. The van der Waals surface area contributed by atoms with Crippen molar-refractivity contribution in [2.24, 2.45) is 5.92 Å². The third kappa shape index (κ3) is 2.74. The Morgan fingerprint density at radius 2 is 2.26 bits per heavy atom. The summed E-state index contributed by atoms with van der Waals surface area (Å²) in [5.41, 5.74) is 2.45. The Bertz CT molecular complexity index is 443. The summed E-state index contributed by atoms with van der Waals surface area (Å²) >= 11 is 0. The van der Waals surface area contributed by atoms with Gasteiger partial charge in [0.25, 0.3) is 0 Å². The molecule has 1 aromatic heterocycles. The Hall–Kier alpha value is -1.13. The molecule has 4 heteroatoms. The largest absolute Gasteiger partial charge is 0.308 e. The fourth-order valence-corrected chi connectivity index (χ4v) is 3.40. The van der Waals surface area contributed by atoms with Gasteiger partial charge in [0.05, 0.1) is 12.2 Å². The second kappa shape index (κ2) is 5.47. The first-order chi connectivity index (χ1) is 9.26. The van der Waals surface area contributed by atoms with E-state index in [9.17, 15) is 0 Å². The van der Waals surface area contributed by atoms with Crippen LogP contribution >= 0.6 is 0 Å². The van der Waals surface area contributed by atoms with Crippen molar-refractivity contribution in [3.8, 4) is 0 Å². The minimum Gasteiger partial charge on any atom is -0.308 e. The van der Waals surface area contributed by atoms with E-state index in [2.05, 4.69) is 35.0 Å². The van der Waals surface area contributed by atoms with Crippen LogP contribution in [0.15, 0.2) is 18.9 Å². The molecule has 3 saturated heterocycles. The highest BCUT2D eigenvalue weighted by atomic mass is 15.3. The third-order valence-electron chi connectivity index (χ3n) is 4.58. The molecule has 3 fully saturated rings. The molecule has 0 radical (unpaired) electrons. The zero-order valence-electron chi connectivity index (χ0n) is 11.8. The van der Waals surface area contributed by atoms with Gasteiger partial charge in [-0.1, -0.05) is 6.08 Å². The van der Waals surface area contributed by atoms with Crippen molar-refractivity contribution in [3.05, 3.63) is 30.1 Å². The summed E-state index contributed by atoms with van der Waals surface area (Å²) in [6, 6.07) is 0.671. The van der Waals surface area contributed by atoms with Crippen molar-refractivity contribution < 1.29 is 0 Å². The number of hydrogen-bond donors (Lipinski definition) is 1.